The third kappa shape index (κ3) is 4.61. The molecule has 0 saturated carbocycles. The van der Waals surface area contributed by atoms with Gasteiger partial charge in [-0.1, -0.05) is 12.1 Å². The Bertz CT molecular complexity index is 1110. The summed E-state index contributed by atoms with van der Waals surface area (Å²) in [6.45, 7) is 1.08. The molecule has 3 rings (SSSR count). The molecule has 1 aliphatic rings. The van der Waals surface area contributed by atoms with Crippen molar-refractivity contribution in [2.24, 2.45) is 0 Å². The maximum atomic E-state index is 13.2. The molecule has 6 nitrogen and oxygen atoms in total. The number of halogens is 4. The number of esters is 1. The van der Waals surface area contributed by atoms with E-state index >= 15 is 0 Å². The van der Waals surface area contributed by atoms with Gasteiger partial charge in [0.1, 0.15) is 11.4 Å². The minimum absolute atomic E-state index is 0.0581. The van der Waals surface area contributed by atoms with E-state index in [1.807, 2.05) is 0 Å². The summed E-state index contributed by atoms with van der Waals surface area (Å²) in [5.41, 5.74) is -2.26. The number of alkyl halides is 3. The van der Waals surface area contributed by atoms with Crippen molar-refractivity contribution < 1.29 is 40.2 Å². The van der Waals surface area contributed by atoms with Crippen molar-refractivity contribution in [3.05, 3.63) is 59.7 Å². The number of benzene rings is 1. The summed E-state index contributed by atoms with van der Waals surface area (Å²) >= 11 is 0. The second-order valence-electron chi connectivity index (χ2n) is 6.83. The van der Waals surface area contributed by atoms with E-state index in [4.69, 9.17) is 9.47 Å². The van der Waals surface area contributed by atoms with Gasteiger partial charge in [-0.05, 0) is 30.7 Å². The third-order valence-corrected chi connectivity index (χ3v) is 5.40. The molecule has 0 fully saturated rings. The Morgan fingerprint density at radius 3 is 2.27 bits per heavy atom. The van der Waals surface area contributed by atoms with E-state index in [0.29, 0.717) is 0 Å². The Labute approximate surface area is 169 Å². The van der Waals surface area contributed by atoms with Crippen LogP contribution in [0.3, 0.4) is 0 Å². The molecule has 0 unspecified atom stereocenters. The minimum atomic E-state index is -4.68. The van der Waals surface area contributed by atoms with Crippen LogP contribution in [0.5, 0.6) is 5.88 Å². The number of hydrogen-bond donors (Lipinski definition) is 0. The van der Waals surface area contributed by atoms with Gasteiger partial charge in [0.15, 0.2) is 9.84 Å². The lowest BCUT2D eigenvalue weighted by molar-refractivity contribution is -0.176. The van der Waals surface area contributed by atoms with Crippen molar-refractivity contribution in [2.45, 2.75) is 30.0 Å². The topological polar surface area (TPSA) is 82.6 Å². The summed E-state index contributed by atoms with van der Waals surface area (Å²) in [5, 5.41) is 0. The number of carbonyl (C=O) groups is 1. The van der Waals surface area contributed by atoms with E-state index in [9.17, 15) is 30.8 Å². The van der Waals surface area contributed by atoms with E-state index < -0.39 is 45.6 Å². The van der Waals surface area contributed by atoms with Gasteiger partial charge in [0.05, 0.1) is 23.1 Å². The Hall–Kier alpha value is -2.95. The number of pyridine rings is 1. The zero-order chi connectivity index (χ0) is 22.3. The van der Waals surface area contributed by atoms with Crippen LogP contribution in [0.4, 0.5) is 17.6 Å². The lowest BCUT2D eigenvalue weighted by Gasteiger charge is -2.27. The summed E-state index contributed by atoms with van der Waals surface area (Å²) in [4.78, 5) is 16.0. The lowest BCUT2D eigenvalue weighted by atomic mass is 9.87. The maximum absolute atomic E-state index is 13.2. The highest BCUT2D eigenvalue weighted by atomic mass is 32.2. The molecule has 0 saturated heterocycles. The van der Waals surface area contributed by atoms with Gasteiger partial charge in [0.25, 0.3) is 0 Å². The molecule has 0 amide bonds. The minimum Gasteiger partial charge on any atom is -0.448 e. The van der Waals surface area contributed by atoms with Crippen LogP contribution in [0.2, 0.25) is 0 Å². The van der Waals surface area contributed by atoms with Crippen LogP contribution in [0.15, 0.2) is 53.2 Å². The van der Waals surface area contributed by atoms with E-state index in [1.165, 1.54) is 24.3 Å². The number of ether oxygens (including phenoxy) is 2. The van der Waals surface area contributed by atoms with Crippen molar-refractivity contribution in [3.8, 4) is 5.88 Å². The van der Waals surface area contributed by atoms with Crippen LogP contribution in [0.1, 0.15) is 18.9 Å². The fourth-order valence-electron chi connectivity index (χ4n) is 3.08. The molecular formula is C19H15F4NO5S. The highest BCUT2D eigenvalue weighted by molar-refractivity contribution is 7.90. The predicted octanol–water partition coefficient (Wildman–Crippen LogP) is 3.68. The van der Waals surface area contributed by atoms with Crippen molar-refractivity contribution in [2.75, 3.05) is 6.26 Å². The quantitative estimate of drug-likeness (QED) is 0.516. The molecule has 1 atom stereocenters. The van der Waals surface area contributed by atoms with Gasteiger partial charge in [-0.3, -0.25) is 0 Å². The maximum Gasteiger partial charge on any atom is 0.393 e. The zero-order valence-corrected chi connectivity index (χ0v) is 16.5. The number of cyclic esters (lactones) is 1. The molecule has 0 radical (unpaired) electrons. The van der Waals surface area contributed by atoms with E-state index in [-0.39, 0.29) is 21.9 Å². The van der Waals surface area contributed by atoms with Gasteiger partial charge < -0.3 is 9.47 Å². The molecule has 1 aromatic heterocycles. The number of hydrogen-bond acceptors (Lipinski definition) is 6. The molecule has 2 aromatic rings. The average molecular weight is 445 g/mol. The Morgan fingerprint density at radius 2 is 1.77 bits per heavy atom. The Morgan fingerprint density at radius 1 is 1.13 bits per heavy atom. The van der Waals surface area contributed by atoms with E-state index in [0.717, 1.165) is 31.5 Å². The van der Waals surface area contributed by atoms with Gasteiger partial charge in [0.2, 0.25) is 11.6 Å². The molecule has 1 aromatic carbocycles. The number of sulfone groups is 1. The number of nitrogens with zero attached hydrogens (tertiary/aromatic N) is 1. The summed E-state index contributed by atoms with van der Waals surface area (Å²) < 4.78 is 86.4. The Kier molecular flexibility index (Phi) is 5.35. The molecule has 30 heavy (non-hydrogen) atoms. The molecule has 0 spiro atoms. The molecule has 160 valence electrons. The monoisotopic (exact) mass is 445 g/mol. The van der Waals surface area contributed by atoms with Gasteiger partial charge in [0, 0.05) is 12.3 Å². The van der Waals surface area contributed by atoms with Crippen LogP contribution in [-0.4, -0.2) is 37.4 Å². The SMILES string of the molecule is C[C@]1(CC(F)(F)F)OC(=O)C(Oc2ccc(F)cn2)=C1c1ccc(S(C)(=O)=O)cc1. The standard InChI is InChI=1S/C19H15F4NO5S/c1-18(10-19(21,22)23)15(11-3-6-13(7-4-11)30(2,26)27)16(17(25)29-18)28-14-8-5-12(20)9-24-14/h3-9H,10H2,1-2H3/t18-/m1/s1. The molecule has 0 N–H and O–H groups in total. The molecule has 11 heteroatoms. The van der Waals surface area contributed by atoms with Crippen LogP contribution in [-0.2, 0) is 19.4 Å². The summed E-state index contributed by atoms with van der Waals surface area (Å²) in [6, 6.07) is 7.00. The van der Waals surface area contributed by atoms with Gasteiger partial charge in [-0.15, -0.1) is 0 Å². The highest BCUT2D eigenvalue weighted by Crippen LogP contribution is 2.46. The van der Waals surface area contributed by atoms with Crippen LogP contribution < -0.4 is 4.74 Å². The largest absolute Gasteiger partial charge is 0.448 e. The van der Waals surface area contributed by atoms with Crippen LogP contribution >= 0.6 is 0 Å². The highest BCUT2D eigenvalue weighted by Gasteiger charge is 2.52. The van der Waals surface area contributed by atoms with E-state index in [2.05, 4.69) is 4.98 Å². The molecule has 0 aliphatic carbocycles. The van der Waals surface area contributed by atoms with Gasteiger partial charge >= 0.3 is 12.1 Å². The Balaban J connectivity index is 2.14. The van der Waals surface area contributed by atoms with Gasteiger partial charge in [-0.25, -0.2) is 22.6 Å². The first-order chi connectivity index (χ1) is 13.8. The second-order valence-corrected chi connectivity index (χ2v) is 8.85. The van der Waals surface area contributed by atoms with Crippen molar-refractivity contribution in [3.63, 3.8) is 0 Å². The fourth-order valence-corrected chi connectivity index (χ4v) is 3.71. The van der Waals surface area contributed by atoms with Crippen molar-refractivity contribution in [1.29, 1.82) is 0 Å². The van der Waals surface area contributed by atoms with Gasteiger partial charge in [-0.2, -0.15) is 13.2 Å². The first-order valence-corrected chi connectivity index (χ1v) is 10.3. The smallest absolute Gasteiger partial charge is 0.393 e. The second kappa shape index (κ2) is 7.38. The summed E-state index contributed by atoms with van der Waals surface area (Å²) in [5.74, 6) is -2.61. The summed E-state index contributed by atoms with van der Waals surface area (Å²) in [7, 11) is -3.55. The normalized spacial score (nSPS) is 19.7. The summed E-state index contributed by atoms with van der Waals surface area (Å²) in [6.07, 6.45) is -4.40. The molecular weight excluding hydrogens is 430 g/mol. The van der Waals surface area contributed by atoms with E-state index in [1.54, 1.807) is 0 Å². The van der Waals surface area contributed by atoms with Crippen LogP contribution in [0.25, 0.3) is 5.57 Å². The first kappa shape index (κ1) is 21.8. The third-order valence-electron chi connectivity index (χ3n) is 4.28. The van der Waals surface area contributed by atoms with Crippen molar-refractivity contribution in [1.82, 2.24) is 4.98 Å². The average Bonchev–Trinajstić information content (AvgIpc) is 2.84. The molecule has 1 aliphatic heterocycles. The zero-order valence-electron chi connectivity index (χ0n) is 15.7. The number of rotatable bonds is 5. The number of aromatic nitrogens is 1. The fraction of sp³-hybridized carbons (Fsp3) is 0.263. The molecule has 2 heterocycles. The lowest BCUT2D eigenvalue weighted by Crippen LogP contribution is -2.33. The number of carbonyl (C=O) groups excluding carboxylic acids is 1. The predicted molar refractivity (Wildman–Crippen MR) is 96.5 cm³/mol. The van der Waals surface area contributed by atoms with Crippen molar-refractivity contribution >= 4 is 21.4 Å². The first-order valence-electron chi connectivity index (χ1n) is 8.43. The molecule has 0 bridgehead atoms. The van der Waals surface area contributed by atoms with Crippen LogP contribution in [0, 0.1) is 5.82 Å².